The molecule has 1 unspecified atom stereocenters. The van der Waals surface area contributed by atoms with Crippen molar-refractivity contribution in [3.63, 3.8) is 0 Å². The summed E-state index contributed by atoms with van der Waals surface area (Å²) in [6.07, 6.45) is 5.26. The zero-order chi connectivity index (χ0) is 21.4. The van der Waals surface area contributed by atoms with Crippen LogP contribution in [-0.2, 0) is 0 Å². The maximum atomic E-state index is 12.9. The predicted octanol–water partition coefficient (Wildman–Crippen LogP) is 5.29. The van der Waals surface area contributed by atoms with E-state index in [2.05, 4.69) is 9.97 Å². The third kappa shape index (κ3) is 3.66. The molecule has 1 aromatic carbocycles. The van der Waals surface area contributed by atoms with Gasteiger partial charge in [0.2, 0.25) is 0 Å². The topological polar surface area (TPSA) is 85.9 Å². The fourth-order valence-corrected chi connectivity index (χ4v) is 5.18. The van der Waals surface area contributed by atoms with Gasteiger partial charge in [0.05, 0.1) is 24.0 Å². The normalized spacial score (nSPS) is 12.3. The summed E-state index contributed by atoms with van der Waals surface area (Å²) in [6, 6.07) is 11.4. The van der Waals surface area contributed by atoms with Crippen LogP contribution >= 0.6 is 23.1 Å². The van der Waals surface area contributed by atoms with Gasteiger partial charge in [-0.1, -0.05) is 11.8 Å². The van der Waals surface area contributed by atoms with E-state index in [-0.39, 0.29) is 10.8 Å². The Labute approximate surface area is 185 Å². The Morgan fingerprint density at radius 1 is 1.26 bits per heavy atom. The van der Waals surface area contributed by atoms with E-state index in [9.17, 15) is 4.79 Å². The molecule has 1 N–H and O–H groups in total. The standard InChI is InChI=1S/C22H18N4O3S2/c1-13(31-22-23-9-10-26(22)14-5-7-15(28-2)8-6-14)19-24-20(27)18-16(12-30-21(18)25-19)17-4-3-11-29-17/h3-13H,1-2H3,(H,24,25,27). The Kier molecular flexibility index (Phi) is 5.13. The van der Waals surface area contributed by atoms with Crippen LogP contribution < -0.4 is 10.3 Å². The maximum Gasteiger partial charge on any atom is 0.260 e. The van der Waals surface area contributed by atoms with Crippen LogP contribution in [0.5, 0.6) is 5.75 Å². The second-order valence-corrected chi connectivity index (χ2v) is 8.96. The monoisotopic (exact) mass is 450 g/mol. The number of nitrogens with zero attached hydrogens (tertiary/aromatic N) is 3. The molecule has 0 fully saturated rings. The Balaban J connectivity index is 1.44. The maximum absolute atomic E-state index is 12.9. The van der Waals surface area contributed by atoms with Gasteiger partial charge in [0.1, 0.15) is 22.2 Å². The summed E-state index contributed by atoms with van der Waals surface area (Å²) < 4.78 is 12.7. The number of fused-ring (bicyclic) bond motifs is 1. The van der Waals surface area contributed by atoms with Crippen LogP contribution in [0.1, 0.15) is 18.0 Å². The molecule has 5 rings (SSSR count). The van der Waals surface area contributed by atoms with E-state index in [0.29, 0.717) is 21.8 Å². The quantitative estimate of drug-likeness (QED) is 0.354. The number of hydrogen-bond acceptors (Lipinski definition) is 7. The number of methoxy groups -OCH3 is 1. The van der Waals surface area contributed by atoms with E-state index < -0.39 is 0 Å². The summed E-state index contributed by atoms with van der Waals surface area (Å²) in [7, 11) is 1.64. The van der Waals surface area contributed by atoms with Crippen molar-refractivity contribution in [3.8, 4) is 22.8 Å². The minimum Gasteiger partial charge on any atom is -0.497 e. The van der Waals surface area contributed by atoms with E-state index in [1.807, 2.05) is 53.4 Å². The molecule has 156 valence electrons. The summed E-state index contributed by atoms with van der Waals surface area (Å²) in [4.78, 5) is 25.7. The van der Waals surface area contributed by atoms with Crippen LogP contribution in [0.25, 0.3) is 27.2 Å². The zero-order valence-electron chi connectivity index (χ0n) is 16.7. The molecule has 5 aromatic rings. The molecular formula is C22H18N4O3S2. The number of aromatic nitrogens is 4. The highest BCUT2D eigenvalue weighted by Gasteiger charge is 2.19. The van der Waals surface area contributed by atoms with Gasteiger partial charge in [-0.25, -0.2) is 9.97 Å². The van der Waals surface area contributed by atoms with Gasteiger partial charge >= 0.3 is 0 Å². The third-order valence-electron chi connectivity index (χ3n) is 4.87. The summed E-state index contributed by atoms with van der Waals surface area (Å²) in [5, 5.41) is 3.16. The van der Waals surface area contributed by atoms with Gasteiger partial charge in [-0.3, -0.25) is 9.36 Å². The first-order valence-electron chi connectivity index (χ1n) is 9.54. The molecule has 0 aliphatic carbocycles. The van der Waals surface area contributed by atoms with Crippen molar-refractivity contribution in [2.75, 3.05) is 7.11 Å². The summed E-state index contributed by atoms with van der Waals surface area (Å²) in [6.45, 7) is 2.00. The van der Waals surface area contributed by atoms with E-state index in [1.165, 1.54) is 23.1 Å². The molecule has 0 saturated heterocycles. The van der Waals surface area contributed by atoms with Crippen LogP contribution in [-0.4, -0.2) is 26.6 Å². The molecule has 0 aliphatic heterocycles. The average Bonchev–Trinajstić information content (AvgIpc) is 3.54. The first kappa shape index (κ1) is 19.7. The fourth-order valence-electron chi connectivity index (χ4n) is 3.30. The average molecular weight is 451 g/mol. The Bertz CT molecular complexity index is 1380. The third-order valence-corrected chi connectivity index (χ3v) is 6.84. The fraction of sp³-hybridized carbons (Fsp3) is 0.136. The van der Waals surface area contributed by atoms with Gasteiger partial charge in [-0.05, 0) is 43.3 Å². The number of rotatable bonds is 6. The van der Waals surface area contributed by atoms with Crippen molar-refractivity contribution in [3.05, 3.63) is 76.6 Å². The predicted molar refractivity (Wildman–Crippen MR) is 122 cm³/mol. The summed E-state index contributed by atoms with van der Waals surface area (Å²) >= 11 is 2.97. The number of thioether (sulfide) groups is 1. The van der Waals surface area contributed by atoms with Gasteiger partial charge in [-0.15, -0.1) is 11.3 Å². The van der Waals surface area contributed by atoms with Crippen molar-refractivity contribution >= 4 is 33.3 Å². The minimum absolute atomic E-state index is 0.106. The number of nitrogens with one attached hydrogen (secondary N) is 1. The van der Waals surface area contributed by atoms with Crippen LogP contribution in [0.15, 0.2) is 74.8 Å². The van der Waals surface area contributed by atoms with Crippen LogP contribution in [0.3, 0.4) is 0 Å². The highest BCUT2D eigenvalue weighted by Crippen LogP contribution is 2.35. The summed E-state index contributed by atoms with van der Waals surface area (Å²) in [5.74, 6) is 2.07. The lowest BCUT2D eigenvalue weighted by Crippen LogP contribution is -2.12. The highest BCUT2D eigenvalue weighted by atomic mass is 32.2. The largest absolute Gasteiger partial charge is 0.497 e. The number of imidazole rings is 1. The molecule has 7 nitrogen and oxygen atoms in total. The molecule has 0 saturated carbocycles. The Morgan fingerprint density at radius 2 is 2.10 bits per heavy atom. The Hall–Kier alpha value is -3.30. The van der Waals surface area contributed by atoms with Crippen LogP contribution in [0.2, 0.25) is 0 Å². The SMILES string of the molecule is COc1ccc(-n2ccnc2SC(C)c2nc3scc(-c4ccco4)c3c(=O)[nH]2)cc1. The first-order valence-corrected chi connectivity index (χ1v) is 11.3. The van der Waals surface area contributed by atoms with E-state index in [0.717, 1.165) is 22.2 Å². The van der Waals surface area contributed by atoms with Crippen molar-refractivity contribution in [2.45, 2.75) is 17.3 Å². The molecule has 0 spiro atoms. The second-order valence-electron chi connectivity index (χ2n) is 6.80. The van der Waals surface area contributed by atoms with Gasteiger partial charge in [0, 0.05) is 29.0 Å². The number of H-pyrrole nitrogens is 1. The molecule has 4 aromatic heterocycles. The first-order chi connectivity index (χ1) is 15.1. The van der Waals surface area contributed by atoms with Crippen molar-refractivity contribution in [1.29, 1.82) is 0 Å². The lowest BCUT2D eigenvalue weighted by Gasteiger charge is -2.12. The van der Waals surface area contributed by atoms with Crippen LogP contribution in [0, 0.1) is 0 Å². The molecule has 0 aliphatic rings. The number of aromatic amines is 1. The van der Waals surface area contributed by atoms with E-state index >= 15 is 0 Å². The molecular weight excluding hydrogens is 432 g/mol. The second kappa shape index (κ2) is 8.09. The van der Waals surface area contributed by atoms with Crippen molar-refractivity contribution in [2.24, 2.45) is 0 Å². The smallest absolute Gasteiger partial charge is 0.260 e. The number of ether oxygens (including phenoxy) is 1. The number of benzene rings is 1. The number of hydrogen-bond donors (Lipinski definition) is 1. The van der Waals surface area contributed by atoms with Gasteiger partial charge in [0.25, 0.3) is 5.56 Å². The Morgan fingerprint density at radius 3 is 2.84 bits per heavy atom. The lowest BCUT2D eigenvalue weighted by molar-refractivity contribution is 0.414. The molecule has 31 heavy (non-hydrogen) atoms. The summed E-state index contributed by atoms with van der Waals surface area (Å²) in [5.41, 5.74) is 1.57. The molecule has 9 heteroatoms. The minimum atomic E-state index is -0.168. The number of thiophene rings is 1. The van der Waals surface area contributed by atoms with E-state index in [4.69, 9.17) is 14.1 Å². The van der Waals surface area contributed by atoms with Crippen molar-refractivity contribution < 1.29 is 9.15 Å². The zero-order valence-corrected chi connectivity index (χ0v) is 18.4. The molecule has 0 amide bonds. The van der Waals surface area contributed by atoms with Crippen molar-refractivity contribution in [1.82, 2.24) is 19.5 Å². The molecule has 1 atom stereocenters. The molecule has 4 heterocycles. The lowest BCUT2D eigenvalue weighted by atomic mass is 10.2. The number of furan rings is 1. The highest BCUT2D eigenvalue weighted by molar-refractivity contribution is 7.99. The van der Waals surface area contributed by atoms with Gasteiger partial charge in [0.15, 0.2) is 5.16 Å². The van der Waals surface area contributed by atoms with Gasteiger partial charge < -0.3 is 14.1 Å². The molecule has 0 radical (unpaired) electrons. The van der Waals surface area contributed by atoms with Gasteiger partial charge in [-0.2, -0.15) is 0 Å². The van der Waals surface area contributed by atoms with E-state index in [1.54, 1.807) is 25.6 Å². The van der Waals surface area contributed by atoms with Crippen LogP contribution in [0.4, 0.5) is 0 Å². The molecule has 0 bridgehead atoms.